The number of nitrogens with one attached hydrogen (secondary N) is 1. The Morgan fingerprint density at radius 1 is 1.33 bits per heavy atom. The number of aromatic nitrogens is 1. The van der Waals surface area contributed by atoms with Crippen LogP contribution in [0.4, 0.5) is 10.2 Å². The van der Waals surface area contributed by atoms with Crippen molar-refractivity contribution in [2.45, 2.75) is 6.92 Å². The second-order valence-electron chi connectivity index (χ2n) is 3.77. The molecule has 1 heterocycles. The molecule has 0 spiro atoms. The summed E-state index contributed by atoms with van der Waals surface area (Å²) in [7, 11) is 0. The van der Waals surface area contributed by atoms with Crippen LogP contribution in [0.5, 0.6) is 0 Å². The summed E-state index contributed by atoms with van der Waals surface area (Å²) < 4.78 is 13.8. The highest BCUT2D eigenvalue weighted by Crippen LogP contribution is 2.15. The zero-order valence-corrected chi connectivity index (χ0v) is 11.2. The van der Waals surface area contributed by atoms with Crippen molar-refractivity contribution in [3.8, 4) is 0 Å². The van der Waals surface area contributed by atoms with Gasteiger partial charge in [0.1, 0.15) is 11.6 Å². The van der Waals surface area contributed by atoms with Crippen LogP contribution < -0.4 is 5.32 Å². The van der Waals surface area contributed by atoms with Crippen molar-refractivity contribution in [2.24, 2.45) is 0 Å². The third kappa shape index (κ3) is 2.92. The first-order valence-electron chi connectivity index (χ1n) is 5.25. The molecule has 18 heavy (non-hydrogen) atoms. The summed E-state index contributed by atoms with van der Waals surface area (Å²) in [4.78, 5) is 16.0. The molecule has 5 heteroatoms. The van der Waals surface area contributed by atoms with Crippen LogP contribution in [0.3, 0.4) is 0 Å². The van der Waals surface area contributed by atoms with E-state index in [1.165, 1.54) is 18.2 Å². The van der Waals surface area contributed by atoms with E-state index in [1.54, 1.807) is 25.3 Å². The fourth-order valence-corrected chi connectivity index (χ4v) is 1.87. The zero-order chi connectivity index (χ0) is 13.1. The van der Waals surface area contributed by atoms with E-state index in [1.807, 2.05) is 0 Å². The monoisotopic (exact) mass is 308 g/mol. The van der Waals surface area contributed by atoms with E-state index in [2.05, 4.69) is 26.2 Å². The number of hydrogen-bond acceptors (Lipinski definition) is 2. The summed E-state index contributed by atoms with van der Waals surface area (Å²) in [6.07, 6.45) is 1.58. The molecule has 3 nitrogen and oxygen atoms in total. The maximum atomic E-state index is 12.9. The van der Waals surface area contributed by atoms with E-state index in [4.69, 9.17) is 0 Å². The van der Waals surface area contributed by atoms with Gasteiger partial charge in [-0.3, -0.25) is 4.79 Å². The van der Waals surface area contributed by atoms with Crippen molar-refractivity contribution >= 4 is 27.7 Å². The SMILES string of the molecule is Cc1cc(F)ccc1C(=O)Nc1cc(Br)ccn1. The number of benzene rings is 1. The van der Waals surface area contributed by atoms with Gasteiger partial charge in [0, 0.05) is 16.2 Å². The predicted molar refractivity (Wildman–Crippen MR) is 71.0 cm³/mol. The van der Waals surface area contributed by atoms with Crippen LogP contribution in [0, 0.1) is 12.7 Å². The molecular formula is C13H10BrFN2O. The molecule has 92 valence electrons. The first-order valence-corrected chi connectivity index (χ1v) is 6.04. The van der Waals surface area contributed by atoms with Crippen molar-refractivity contribution in [1.82, 2.24) is 4.98 Å². The normalized spacial score (nSPS) is 10.2. The van der Waals surface area contributed by atoms with Gasteiger partial charge in [-0.15, -0.1) is 0 Å². The molecule has 1 aromatic heterocycles. The van der Waals surface area contributed by atoms with Gasteiger partial charge in [-0.05, 0) is 42.8 Å². The minimum absolute atomic E-state index is 0.307. The van der Waals surface area contributed by atoms with Crippen LogP contribution in [-0.2, 0) is 0 Å². The van der Waals surface area contributed by atoms with Crippen molar-refractivity contribution in [3.05, 3.63) is 57.9 Å². The summed E-state index contributed by atoms with van der Waals surface area (Å²) in [5.41, 5.74) is 1.01. The molecular weight excluding hydrogens is 299 g/mol. The summed E-state index contributed by atoms with van der Waals surface area (Å²) >= 11 is 3.29. The second-order valence-corrected chi connectivity index (χ2v) is 4.69. The first kappa shape index (κ1) is 12.7. The lowest BCUT2D eigenvalue weighted by atomic mass is 10.1. The van der Waals surface area contributed by atoms with Gasteiger partial charge >= 0.3 is 0 Å². The highest BCUT2D eigenvalue weighted by molar-refractivity contribution is 9.10. The smallest absolute Gasteiger partial charge is 0.257 e. The minimum atomic E-state index is -0.357. The molecule has 1 aromatic carbocycles. The Labute approximate surface area is 112 Å². The fraction of sp³-hybridized carbons (Fsp3) is 0.0769. The predicted octanol–water partition coefficient (Wildman–Crippen LogP) is 3.54. The Morgan fingerprint density at radius 3 is 2.78 bits per heavy atom. The van der Waals surface area contributed by atoms with Crippen LogP contribution in [-0.4, -0.2) is 10.9 Å². The van der Waals surface area contributed by atoms with Crippen LogP contribution in [0.1, 0.15) is 15.9 Å². The van der Waals surface area contributed by atoms with Gasteiger partial charge in [-0.1, -0.05) is 15.9 Å². The Hall–Kier alpha value is -1.75. The fourth-order valence-electron chi connectivity index (χ4n) is 1.54. The van der Waals surface area contributed by atoms with Crippen molar-refractivity contribution in [2.75, 3.05) is 5.32 Å². The van der Waals surface area contributed by atoms with Crippen molar-refractivity contribution in [1.29, 1.82) is 0 Å². The summed E-state index contributed by atoms with van der Waals surface area (Å²) in [6.45, 7) is 1.69. The molecule has 1 N–H and O–H groups in total. The lowest BCUT2D eigenvalue weighted by Crippen LogP contribution is -2.14. The molecule has 0 saturated carbocycles. The number of nitrogens with zero attached hydrogens (tertiary/aromatic N) is 1. The highest BCUT2D eigenvalue weighted by Gasteiger charge is 2.10. The molecule has 0 bridgehead atoms. The standard InChI is InChI=1S/C13H10BrFN2O/c1-8-6-10(15)2-3-11(8)13(18)17-12-7-9(14)4-5-16-12/h2-7H,1H3,(H,16,17,18). The summed E-state index contributed by atoms with van der Waals surface area (Å²) in [5.74, 6) is -0.221. The average Bonchev–Trinajstić information content (AvgIpc) is 2.28. The number of anilines is 1. The van der Waals surface area contributed by atoms with Gasteiger partial charge in [-0.2, -0.15) is 0 Å². The lowest BCUT2D eigenvalue weighted by molar-refractivity contribution is 0.102. The Balaban J connectivity index is 2.22. The molecule has 2 rings (SSSR count). The van der Waals surface area contributed by atoms with Crippen molar-refractivity contribution in [3.63, 3.8) is 0 Å². The number of pyridine rings is 1. The number of halogens is 2. The number of hydrogen-bond donors (Lipinski definition) is 1. The Kier molecular flexibility index (Phi) is 3.72. The quantitative estimate of drug-likeness (QED) is 0.922. The molecule has 0 aliphatic rings. The molecule has 0 fully saturated rings. The number of rotatable bonds is 2. The topological polar surface area (TPSA) is 42.0 Å². The lowest BCUT2D eigenvalue weighted by Gasteiger charge is -2.07. The molecule has 0 unspecified atom stereocenters. The van der Waals surface area contributed by atoms with Crippen molar-refractivity contribution < 1.29 is 9.18 Å². The van der Waals surface area contributed by atoms with Gasteiger partial charge in [0.15, 0.2) is 0 Å². The second kappa shape index (κ2) is 5.27. The largest absolute Gasteiger partial charge is 0.307 e. The van der Waals surface area contributed by atoms with E-state index in [0.717, 1.165) is 4.47 Å². The Bertz CT molecular complexity index is 601. The van der Waals surface area contributed by atoms with Crippen LogP contribution >= 0.6 is 15.9 Å². The summed E-state index contributed by atoms with van der Waals surface area (Å²) in [6, 6.07) is 7.49. The van der Waals surface area contributed by atoms with E-state index >= 15 is 0 Å². The number of aryl methyl sites for hydroxylation is 1. The maximum Gasteiger partial charge on any atom is 0.257 e. The zero-order valence-electron chi connectivity index (χ0n) is 9.58. The highest BCUT2D eigenvalue weighted by atomic mass is 79.9. The van der Waals surface area contributed by atoms with Gasteiger partial charge < -0.3 is 5.32 Å². The van der Waals surface area contributed by atoms with Crippen LogP contribution in [0.2, 0.25) is 0 Å². The third-order valence-corrected chi connectivity index (χ3v) is 2.89. The molecule has 1 amide bonds. The van der Waals surface area contributed by atoms with Gasteiger partial charge in [0.25, 0.3) is 5.91 Å². The molecule has 0 aliphatic carbocycles. The van der Waals surface area contributed by atoms with E-state index in [-0.39, 0.29) is 11.7 Å². The van der Waals surface area contributed by atoms with Crippen LogP contribution in [0.25, 0.3) is 0 Å². The molecule has 0 atom stereocenters. The third-order valence-electron chi connectivity index (χ3n) is 2.40. The van der Waals surface area contributed by atoms with Gasteiger partial charge in [0.2, 0.25) is 0 Å². The number of carbonyl (C=O) groups excluding carboxylic acids is 1. The summed E-state index contributed by atoms with van der Waals surface area (Å²) in [5, 5.41) is 2.66. The van der Waals surface area contributed by atoms with E-state index in [0.29, 0.717) is 16.9 Å². The average molecular weight is 309 g/mol. The Morgan fingerprint density at radius 2 is 2.11 bits per heavy atom. The number of amides is 1. The van der Waals surface area contributed by atoms with Gasteiger partial charge in [0.05, 0.1) is 0 Å². The molecule has 0 radical (unpaired) electrons. The van der Waals surface area contributed by atoms with E-state index in [9.17, 15) is 9.18 Å². The van der Waals surface area contributed by atoms with E-state index < -0.39 is 0 Å². The number of carbonyl (C=O) groups is 1. The van der Waals surface area contributed by atoms with Crippen LogP contribution in [0.15, 0.2) is 41.0 Å². The molecule has 2 aromatic rings. The molecule has 0 aliphatic heterocycles. The minimum Gasteiger partial charge on any atom is -0.307 e. The molecule has 0 saturated heterocycles. The van der Waals surface area contributed by atoms with Gasteiger partial charge in [-0.25, -0.2) is 9.37 Å². The first-order chi connectivity index (χ1) is 8.56. The maximum absolute atomic E-state index is 12.9.